The first-order chi connectivity index (χ1) is 12.1. The number of hydrogen-bond donors (Lipinski definition) is 2. The number of anilines is 1. The van der Waals surface area contributed by atoms with E-state index in [2.05, 4.69) is 15.6 Å². The third-order valence-corrected chi connectivity index (χ3v) is 6.79. The molecule has 9 heteroatoms. The zero-order valence-corrected chi connectivity index (χ0v) is 17.2. The van der Waals surface area contributed by atoms with Crippen LogP contribution in [0.1, 0.15) is 50.9 Å². The Morgan fingerprint density at radius 2 is 1.88 bits per heavy atom. The molecule has 0 spiro atoms. The first-order valence-electron chi connectivity index (χ1n) is 8.83. The largest absolute Gasteiger partial charge is 0.382 e. The lowest BCUT2D eigenvalue weighted by atomic mass is 10.1. The minimum absolute atomic E-state index is 0.0660. The molecule has 1 aromatic heterocycles. The summed E-state index contributed by atoms with van der Waals surface area (Å²) < 4.78 is 26.0. The highest BCUT2D eigenvalue weighted by Crippen LogP contribution is 2.21. The second-order valence-electron chi connectivity index (χ2n) is 7.09. The molecule has 1 aliphatic rings. The van der Waals surface area contributed by atoms with Crippen LogP contribution in [0.2, 0.25) is 5.15 Å². The Bertz CT molecular complexity index is 744. The Morgan fingerprint density at radius 1 is 1.27 bits per heavy atom. The molecule has 0 unspecified atom stereocenters. The van der Waals surface area contributed by atoms with Crippen LogP contribution in [-0.4, -0.2) is 54.0 Å². The van der Waals surface area contributed by atoms with Crippen molar-refractivity contribution >= 4 is 33.2 Å². The molecule has 0 saturated carbocycles. The van der Waals surface area contributed by atoms with Crippen molar-refractivity contribution in [2.45, 2.75) is 57.9 Å². The molecule has 0 aromatic carbocycles. The molecule has 2 rings (SSSR count). The summed E-state index contributed by atoms with van der Waals surface area (Å²) in [5, 5.41) is 6.07. The monoisotopic (exact) mass is 402 g/mol. The van der Waals surface area contributed by atoms with Gasteiger partial charge in [-0.05, 0) is 46.6 Å². The molecule has 1 aromatic rings. The third kappa shape index (κ3) is 5.08. The first-order valence-corrected chi connectivity index (χ1v) is 10.7. The van der Waals surface area contributed by atoms with E-state index in [0.717, 1.165) is 0 Å². The summed E-state index contributed by atoms with van der Waals surface area (Å²) in [7, 11) is -3.24. The van der Waals surface area contributed by atoms with E-state index in [1.165, 1.54) is 10.5 Å². The summed E-state index contributed by atoms with van der Waals surface area (Å²) in [6, 6.07) is 1.71. The molecule has 2 heterocycles. The van der Waals surface area contributed by atoms with Gasteiger partial charge in [0.05, 0.1) is 16.5 Å². The summed E-state index contributed by atoms with van der Waals surface area (Å²) in [5.41, 5.74) is 1.07. The van der Waals surface area contributed by atoms with Crippen molar-refractivity contribution in [3.8, 4) is 0 Å². The Labute approximate surface area is 160 Å². The summed E-state index contributed by atoms with van der Waals surface area (Å²) in [4.78, 5) is 16.6. The number of carbonyl (C=O) groups is 1. The van der Waals surface area contributed by atoms with Crippen molar-refractivity contribution in [3.05, 3.63) is 23.0 Å². The van der Waals surface area contributed by atoms with Crippen LogP contribution in [0, 0.1) is 0 Å². The Kier molecular flexibility index (Phi) is 6.87. The fraction of sp³-hybridized carbons (Fsp3) is 0.647. The number of carbonyl (C=O) groups excluding carboxylic acids is 1. The van der Waals surface area contributed by atoms with Crippen LogP contribution in [0.3, 0.4) is 0 Å². The maximum atomic E-state index is 12.6. The average Bonchev–Trinajstić information content (AvgIpc) is 2.54. The van der Waals surface area contributed by atoms with E-state index in [4.69, 9.17) is 11.6 Å². The molecule has 1 saturated heterocycles. The van der Waals surface area contributed by atoms with Crippen LogP contribution in [0.25, 0.3) is 0 Å². The highest BCUT2D eigenvalue weighted by atomic mass is 35.5. The predicted molar refractivity (Wildman–Crippen MR) is 104 cm³/mol. The van der Waals surface area contributed by atoms with Crippen LogP contribution in [0.4, 0.5) is 5.69 Å². The van der Waals surface area contributed by atoms with Gasteiger partial charge in [0.2, 0.25) is 10.0 Å². The summed E-state index contributed by atoms with van der Waals surface area (Å²) in [6.45, 7) is 8.14. The van der Waals surface area contributed by atoms with Gasteiger partial charge in [0.25, 0.3) is 5.91 Å². The lowest BCUT2D eigenvalue weighted by Crippen LogP contribution is -2.48. The second kappa shape index (κ2) is 8.54. The van der Waals surface area contributed by atoms with Crippen molar-refractivity contribution in [1.82, 2.24) is 14.6 Å². The molecule has 146 valence electrons. The van der Waals surface area contributed by atoms with Crippen molar-refractivity contribution in [2.75, 3.05) is 18.4 Å². The van der Waals surface area contributed by atoms with Crippen LogP contribution in [0.5, 0.6) is 0 Å². The summed E-state index contributed by atoms with van der Waals surface area (Å²) >= 11 is 5.94. The topological polar surface area (TPSA) is 91.4 Å². The fourth-order valence-electron chi connectivity index (χ4n) is 2.86. The Hall–Kier alpha value is -1.38. The molecule has 0 aliphatic carbocycles. The van der Waals surface area contributed by atoms with E-state index in [-0.39, 0.29) is 18.0 Å². The van der Waals surface area contributed by atoms with Crippen LogP contribution in [-0.2, 0) is 10.0 Å². The average molecular weight is 403 g/mol. The highest BCUT2D eigenvalue weighted by Gasteiger charge is 2.31. The first kappa shape index (κ1) is 20.9. The molecular weight excluding hydrogens is 376 g/mol. The lowest BCUT2D eigenvalue weighted by Gasteiger charge is -2.32. The number of pyridine rings is 1. The maximum Gasteiger partial charge on any atom is 0.255 e. The van der Waals surface area contributed by atoms with Gasteiger partial charge < -0.3 is 10.6 Å². The van der Waals surface area contributed by atoms with Gasteiger partial charge in [0, 0.05) is 31.4 Å². The van der Waals surface area contributed by atoms with E-state index < -0.39 is 15.3 Å². The highest BCUT2D eigenvalue weighted by molar-refractivity contribution is 7.89. The van der Waals surface area contributed by atoms with Gasteiger partial charge in [-0.3, -0.25) is 4.79 Å². The molecule has 1 aliphatic heterocycles. The van der Waals surface area contributed by atoms with Gasteiger partial charge in [-0.15, -0.1) is 0 Å². The van der Waals surface area contributed by atoms with Crippen molar-refractivity contribution in [2.24, 2.45) is 0 Å². The number of sulfonamides is 1. The quantitative estimate of drug-likeness (QED) is 0.713. The van der Waals surface area contributed by atoms with Crippen LogP contribution in [0.15, 0.2) is 12.3 Å². The van der Waals surface area contributed by atoms with Gasteiger partial charge in [-0.25, -0.2) is 17.7 Å². The molecule has 0 bridgehead atoms. The van der Waals surface area contributed by atoms with E-state index in [1.54, 1.807) is 19.9 Å². The smallest absolute Gasteiger partial charge is 0.255 e. The second-order valence-corrected chi connectivity index (χ2v) is 9.97. The zero-order valence-electron chi connectivity index (χ0n) is 15.6. The molecule has 1 amide bonds. The number of piperidine rings is 1. The van der Waals surface area contributed by atoms with Crippen molar-refractivity contribution in [3.63, 3.8) is 0 Å². The Balaban J connectivity index is 2.02. The summed E-state index contributed by atoms with van der Waals surface area (Å²) in [6.07, 6.45) is 2.64. The van der Waals surface area contributed by atoms with E-state index in [0.29, 0.717) is 42.3 Å². The molecule has 26 heavy (non-hydrogen) atoms. The molecule has 1 fully saturated rings. The fourth-order valence-corrected chi connectivity index (χ4v) is 4.33. The minimum Gasteiger partial charge on any atom is -0.382 e. The van der Waals surface area contributed by atoms with Gasteiger partial charge in [0.1, 0.15) is 5.15 Å². The number of aromatic nitrogens is 1. The molecule has 0 atom stereocenters. The van der Waals surface area contributed by atoms with E-state index >= 15 is 0 Å². The number of nitrogens with one attached hydrogen (secondary N) is 2. The standard InChI is InChI=1S/C17H27ClN4O3S/c1-11(2)20-15-9-16(18)19-10-14(15)17(23)21-13-5-7-22(8-6-13)26(24,25)12(3)4/h9-13H,5-8H2,1-4H3,(H,19,20)(H,21,23). The lowest BCUT2D eigenvalue weighted by molar-refractivity contribution is 0.0924. The number of rotatable bonds is 6. The molecule has 7 nitrogen and oxygen atoms in total. The van der Waals surface area contributed by atoms with Gasteiger partial charge in [-0.1, -0.05) is 11.6 Å². The minimum atomic E-state index is -3.24. The van der Waals surface area contributed by atoms with Gasteiger partial charge in [0.15, 0.2) is 0 Å². The zero-order chi connectivity index (χ0) is 19.5. The van der Waals surface area contributed by atoms with Gasteiger partial charge in [-0.2, -0.15) is 0 Å². The van der Waals surface area contributed by atoms with Crippen molar-refractivity contribution in [1.29, 1.82) is 0 Å². The van der Waals surface area contributed by atoms with Crippen LogP contribution < -0.4 is 10.6 Å². The number of hydrogen-bond acceptors (Lipinski definition) is 5. The molecule has 2 N–H and O–H groups in total. The maximum absolute atomic E-state index is 12.6. The normalized spacial score (nSPS) is 16.9. The number of halogens is 1. The van der Waals surface area contributed by atoms with Crippen molar-refractivity contribution < 1.29 is 13.2 Å². The summed E-state index contributed by atoms with van der Waals surface area (Å²) in [5.74, 6) is -0.234. The van der Waals surface area contributed by atoms with Gasteiger partial charge >= 0.3 is 0 Å². The molecular formula is C17H27ClN4O3S. The molecule has 0 radical (unpaired) electrons. The number of amides is 1. The number of nitrogens with zero attached hydrogens (tertiary/aromatic N) is 2. The Morgan fingerprint density at radius 3 is 2.42 bits per heavy atom. The predicted octanol–water partition coefficient (Wildman–Crippen LogP) is 2.49. The van der Waals surface area contributed by atoms with E-state index in [1.807, 2.05) is 13.8 Å². The third-order valence-electron chi connectivity index (χ3n) is 4.30. The van der Waals surface area contributed by atoms with Crippen LogP contribution >= 0.6 is 11.6 Å². The SMILES string of the molecule is CC(C)Nc1cc(Cl)ncc1C(=O)NC1CCN(S(=O)(=O)C(C)C)CC1. The van der Waals surface area contributed by atoms with E-state index in [9.17, 15) is 13.2 Å².